The zero-order valence-corrected chi connectivity index (χ0v) is 11.9. The quantitative estimate of drug-likeness (QED) is 0.833. The van der Waals surface area contributed by atoms with Gasteiger partial charge in [0.05, 0.1) is 0 Å². The Bertz CT molecular complexity index is 413. The van der Waals surface area contributed by atoms with Crippen molar-refractivity contribution >= 4 is 5.91 Å². The van der Waals surface area contributed by atoms with Crippen molar-refractivity contribution in [1.29, 1.82) is 0 Å². The van der Waals surface area contributed by atoms with Crippen molar-refractivity contribution in [3.8, 4) is 5.75 Å². The van der Waals surface area contributed by atoms with Crippen LogP contribution in [0.1, 0.15) is 38.2 Å². The van der Waals surface area contributed by atoms with Crippen molar-refractivity contribution in [2.75, 3.05) is 13.2 Å². The van der Waals surface area contributed by atoms with Crippen LogP contribution in [-0.4, -0.2) is 30.0 Å². The first-order valence-corrected chi connectivity index (χ1v) is 7.19. The number of rotatable bonds is 4. The highest BCUT2D eigenvalue weighted by Gasteiger charge is 2.25. The van der Waals surface area contributed by atoms with Crippen molar-refractivity contribution in [3.63, 3.8) is 0 Å². The summed E-state index contributed by atoms with van der Waals surface area (Å²) in [6.45, 7) is 5.22. The Labute approximate surface area is 115 Å². The maximum Gasteiger partial charge on any atom is 0.260 e. The highest BCUT2D eigenvalue weighted by molar-refractivity contribution is 5.78. The lowest BCUT2D eigenvalue weighted by Gasteiger charge is -2.35. The standard InChI is InChI=1S/C16H23NO2/c1-3-14-6-4-5-11-17(14)16(18)12-19-15-9-7-13(2)8-10-15/h7-10,14H,3-6,11-12H2,1-2H3. The third kappa shape index (κ3) is 3.72. The molecule has 2 rings (SSSR count). The molecule has 0 aliphatic carbocycles. The van der Waals surface area contributed by atoms with Crippen molar-refractivity contribution in [1.82, 2.24) is 4.90 Å². The maximum atomic E-state index is 12.2. The van der Waals surface area contributed by atoms with Gasteiger partial charge in [-0.05, 0) is 44.7 Å². The van der Waals surface area contributed by atoms with Crippen LogP contribution in [0.3, 0.4) is 0 Å². The Kier molecular flexibility index (Phi) is 4.83. The van der Waals surface area contributed by atoms with Crippen molar-refractivity contribution in [2.24, 2.45) is 0 Å². The van der Waals surface area contributed by atoms with E-state index in [1.54, 1.807) is 0 Å². The van der Waals surface area contributed by atoms with Gasteiger partial charge >= 0.3 is 0 Å². The van der Waals surface area contributed by atoms with Crippen LogP contribution in [0.2, 0.25) is 0 Å². The number of carbonyl (C=O) groups excluding carboxylic acids is 1. The molecule has 1 heterocycles. The summed E-state index contributed by atoms with van der Waals surface area (Å²) < 4.78 is 5.58. The van der Waals surface area contributed by atoms with Gasteiger partial charge in [0, 0.05) is 12.6 Å². The number of aryl methyl sites for hydroxylation is 1. The molecule has 1 aliphatic heterocycles. The van der Waals surface area contributed by atoms with Crippen LogP contribution in [-0.2, 0) is 4.79 Å². The van der Waals surface area contributed by atoms with Crippen molar-refractivity contribution in [2.45, 2.75) is 45.6 Å². The van der Waals surface area contributed by atoms with Crippen molar-refractivity contribution in [3.05, 3.63) is 29.8 Å². The number of likely N-dealkylation sites (tertiary alicyclic amines) is 1. The molecule has 104 valence electrons. The molecule has 1 fully saturated rings. The van der Waals surface area contributed by atoms with Gasteiger partial charge < -0.3 is 9.64 Å². The number of carbonyl (C=O) groups is 1. The van der Waals surface area contributed by atoms with Crippen LogP contribution in [0.4, 0.5) is 0 Å². The van der Waals surface area contributed by atoms with Gasteiger partial charge in [0.15, 0.2) is 6.61 Å². The molecule has 1 aromatic carbocycles. The van der Waals surface area contributed by atoms with E-state index in [-0.39, 0.29) is 12.5 Å². The minimum absolute atomic E-state index is 0.118. The van der Waals surface area contributed by atoms with E-state index in [4.69, 9.17) is 4.74 Å². The SMILES string of the molecule is CCC1CCCCN1C(=O)COc1ccc(C)cc1. The smallest absolute Gasteiger partial charge is 0.260 e. The predicted octanol–water partition coefficient (Wildman–Crippen LogP) is 3.16. The van der Waals surface area contributed by atoms with Gasteiger partial charge in [-0.25, -0.2) is 0 Å². The summed E-state index contributed by atoms with van der Waals surface area (Å²) in [6.07, 6.45) is 4.52. The minimum atomic E-state index is 0.118. The van der Waals surface area contributed by atoms with E-state index in [9.17, 15) is 4.79 Å². The zero-order chi connectivity index (χ0) is 13.7. The van der Waals surface area contributed by atoms with Gasteiger partial charge in [-0.2, -0.15) is 0 Å². The largest absolute Gasteiger partial charge is 0.484 e. The van der Waals surface area contributed by atoms with E-state index in [2.05, 4.69) is 6.92 Å². The summed E-state index contributed by atoms with van der Waals surface area (Å²) in [6, 6.07) is 8.22. The molecule has 1 aliphatic rings. The molecule has 1 unspecified atom stereocenters. The van der Waals surface area contributed by atoms with Gasteiger partial charge in [-0.3, -0.25) is 4.79 Å². The van der Waals surface area contributed by atoms with Gasteiger partial charge in [0.1, 0.15) is 5.75 Å². The second kappa shape index (κ2) is 6.60. The lowest BCUT2D eigenvalue weighted by atomic mass is 10.00. The molecule has 1 amide bonds. The summed E-state index contributed by atoms with van der Waals surface area (Å²) in [4.78, 5) is 14.2. The molecular weight excluding hydrogens is 238 g/mol. The first-order chi connectivity index (χ1) is 9.20. The van der Waals surface area contributed by atoms with Gasteiger partial charge in [0.25, 0.3) is 5.91 Å². The summed E-state index contributed by atoms with van der Waals surface area (Å²) in [5.74, 6) is 0.885. The maximum absolute atomic E-state index is 12.2. The summed E-state index contributed by atoms with van der Waals surface area (Å²) in [7, 11) is 0. The average molecular weight is 261 g/mol. The molecule has 0 aromatic heterocycles. The van der Waals surface area contributed by atoms with E-state index >= 15 is 0 Å². The van der Waals surface area contributed by atoms with Gasteiger partial charge in [-0.1, -0.05) is 24.6 Å². The molecular formula is C16H23NO2. The fourth-order valence-corrected chi connectivity index (χ4v) is 2.62. The third-order valence-corrected chi connectivity index (χ3v) is 3.80. The Balaban J connectivity index is 1.87. The fourth-order valence-electron chi connectivity index (χ4n) is 2.62. The number of ether oxygens (including phenoxy) is 1. The van der Waals surface area contributed by atoms with Crippen LogP contribution < -0.4 is 4.74 Å². The topological polar surface area (TPSA) is 29.5 Å². The first-order valence-electron chi connectivity index (χ1n) is 7.19. The highest BCUT2D eigenvalue weighted by atomic mass is 16.5. The molecule has 0 bridgehead atoms. The second-order valence-electron chi connectivity index (χ2n) is 5.25. The molecule has 0 N–H and O–H groups in total. The number of benzene rings is 1. The minimum Gasteiger partial charge on any atom is -0.484 e. The fraction of sp³-hybridized carbons (Fsp3) is 0.562. The van der Waals surface area contributed by atoms with Crippen LogP contribution in [0, 0.1) is 6.92 Å². The monoisotopic (exact) mass is 261 g/mol. The van der Waals surface area contributed by atoms with E-state index in [0.29, 0.717) is 6.04 Å². The van der Waals surface area contributed by atoms with Gasteiger partial charge in [-0.15, -0.1) is 0 Å². The Morgan fingerprint density at radius 2 is 2.05 bits per heavy atom. The summed E-state index contributed by atoms with van der Waals surface area (Å²) in [5.41, 5.74) is 1.20. The van der Waals surface area contributed by atoms with E-state index < -0.39 is 0 Å². The summed E-state index contributed by atoms with van der Waals surface area (Å²) in [5, 5.41) is 0. The number of hydrogen-bond donors (Lipinski definition) is 0. The Hall–Kier alpha value is -1.51. The number of amides is 1. The third-order valence-electron chi connectivity index (χ3n) is 3.80. The first kappa shape index (κ1) is 13.9. The van der Waals surface area contributed by atoms with E-state index in [1.165, 1.54) is 12.0 Å². The molecule has 1 atom stereocenters. The number of hydrogen-bond acceptors (Lipinski definition) is 2. The molecule has 3 heteroatoms. The van der Waals surface area contributed by atoms with Crippen LogP contribution in [0.5, 0.6) is 5.75 Å². The number of piperidine rings is 1. The van der Waals surface area contributed by atoms with Crippen LogP contribution >= 0.6 is 0 Å². The molecule has 19 heavy (non-hydrogen) atoms. The highest BCUT2D eigenvalue weighted by Crippen LogP contribution is 2.20. The molecule has 3 nitrogen and oxygen atoms in total. The normalized spacial score (nSPS) is 19.3. The number of nitrogens with zero attached hydrogens (tertiary/aromatic N) is 1. The molecule has 0 spiro atoms. The lowest BCUT2D eigenvalue weighted by molar-refractivity contribution is -0.137. The van der Waals surface area contributed by atoms with Crippen LogP contribution in [0.25, 0.3) is 0 Å². The Morgan fingerprint density at radius 3 is 2.74 bits per heavy atom. The average Bonchev–Trinajstić information content (AvgIpc) is 2.46. The predicted molar refractivity (Wildman–Crippen MR) is 76.3 cm³/mol. The molecule has 1 aromatic rings. The zero-order valence-electron chi connectivity index (χ0n) is 11.9. The molecule has 1 saturated heterocycles. The van der Waals surface area contributed by atoms with Gasteiger partial charge in [0.2, 0.25) is 0 Å². The molecule has 0 radical (unpaired) electrons. The van der Waals surface area contributed by atoms with Crippen molar-refractivity contribution < 1.29 is 9.53 Å². The Morgan fingerprint density at radius 1 is 1.32 bits per heavy atom. The lowest BCUT2D eigenvalue weighted by Crippen LogP contribution is -2.45. The van der Waals surface area contributed by atoms with E-state index in [1.807, 2.05) is 36.1 Å². The summed E-state index contributed by atoms with van der Waals surface area (Å²) >= 11 is 0. The molecule has 0 saturated carbocycles. The van der Waals surface area contributed by atoms with E-state index in [0.717, 1.165) is 31.6 Å². The van der Waals surface area contributed by atoms with Crippen LogP contribution in [0.15, 0.2) is 24.3 Å². The second-order valence-corrected chi connectivity index (χ2v) is 5.25.